The van der Waals surface area contributed by atoms with E-state index in [0.717, 1.165) is 22.2 Å². The first-order valence-corrected chi connectivity index (χ1v) is 5.20. The Labute approximate surface area is 93.1 Å². The third-order valence-electron chi connectivity index (χ3n) is 2.61. The molecule has 4 nitrogen and oxygen atoms in total. The van der Waals surface area contributed by atoms with Gasteiger partial charge in [0.2, 0.25) is 5.91 Å². The predicted molar refractivity (Wildman–Crippen MR) is 62.0 cm³/mol. The topological polar surface area (TPSA) is 79.1 Å². The second-order valence-corrected chi connectivity index (χ2v) is 3.74. The van der Waals surface area contributed by atoms with E-state index in [4.69, 9.17) is 10.8 Å². The first-order chi connectivity index (χ1) is 7.72. The fourth-order valence-corrected chi connectivity index (χ4v) is 1.98. The number of para-hydroxylation sites is 1. The molecule has 4 heteroatoms. The Morgan fingerprint density at radius 2 is 2.12 bits per heavy atom. The van der Waals surface area contributed by atoms with Crippen molar-refractivity contribution >= 4 is 16.8 Å². The molecule has 2 aromatic rings. The molecular weight excluding hydrogens is 204 g/mol. The lowest BCUT2D eigenvalue weighted by Crippen LogP contribution is -2.15. The monoisotopic (exact) mass is 218 g/mol. The highest BCUT2D eigenvalue weighted by molar-refractivity contribution is 5.87. The third-order valence-corrected chi connectivity index (χ3v) is 2.61. The van der Waals surface area contributed by atoms with Gasteiger partial charge in [0.05, 0.1) is 6.42 Å². The third kappa shape index (κ3) is 1.92. The Kier molecular flexibility index (Phi) is 2.92. The molecule has 1 aromatic carbocycles. The minimum absolute atomic E-state index is 0.0631. The van der Waals surface area contributed by atoms with Gasteiger partial charge in [0.15, 0.2) is 0 Å². The van der Waals surface area contributed by atoms with Crippen LogP contribution in [0.25, 0.3) is 10.9 Å². The number of nitrogens with two attached hydrogens (primary N) is 1. The molecule has 4 N–H and O–H groups in total. The summed E-state index contributed by atoms with van der Waals surface area (Å²) >= 11 is 0. The number of nitrogens with one attached hydrogen (secondary N) is 1. The Morgan fingerprint density at radius 3 is 2.81 bits per heavy atom. The lowest BCUT2D eigenvalue weighted by molar-refractivity contribution is -0.117. The van der Waals surface area contributed by atoms with Gasteiger partial charge in [-0.15, -0.1) is 0 Å². The molecule has 16 heavy (non-hydrogen) atoms. The summed E-state index contributed by atoms with van der Waals surface area (Å²) in [5.41, 5.74) is 7.96. The van der Waals surface area contributed by atoms with E-state index < -0.39 is 0 Å². The highest BCUT2D eigenvalue weighted by Crippen LogP contribution is 2.23. The molecule has 0 unspecified atom stereocenters. The van der Waals surface area contributed by atoms with E-state index in [-0.39, 0.29) is 18.9 Å². The van der Waals surface area contributed by atoms with E-state index in [9.17, 15) is 4.79 Å². The van der Waals surface area contributed by atoms with E-state index in [1.54, 1.807) is 0 Å². The summed E-state index contributed by atoms with van der Waals surface area (Å²) in [6.07, 6.45) is 0.719. The highest BCUT2D eigenvalue weighted by atomic mass is 16.3. The number of primary amides is 1. The number of hydrogen-bond donors (Lipinski definition) is 3. The van der Waals surface area contributed by atoms with Gasteiger partial charge >= 0.3 is 0 Å². The van der Waals surface area contributed by atoms with Crippen LogP contribution in [0.15, 0.2) is 24.3 Å². The number of aliphatic hydroxyl groups is 1. The summed E-state index contributed by atoms with van der Waals surface area (Å²) in [5, 5.41) is 10.1. The number of aromatic amines is 1. The molecule has 0 radical (unpaired) electrons. The van der Waals surface area contributed by atoms with Crippen LogP contribution in [0.2, 0.25) is 0 Å². The summed E-state index contributed by atoms with van der Waals surface area (Å²) < 4.78 is 0. The summed E-state index contributed by atoms with van der Waals surface area (Å²) in [5.74, 6) is -0.370. The molecule has 0 aliphatic rings. The zero-order valence-electron chi connectivity index (χ0n) is 8.86. The van der Waals surface area contributed by atoms with Gasteiger partial charge in [0.1, 0.15) is 0 Å². The number of fused-ring (bicyclic) bond motifs is 1. The van der Waals surface area contributed by atoms with Crippen LogP contribution in [-0.2, 0) is 17.6 Å². The largest absolute Gasteiger partial charge is 0.396 e. The summed E-state index contributed by atoms with van der Waals surface area (Å²) in [6, 6.07) is 7.78. The van der Waals surface area contributed by atoms with E-state index in [0.29, 0.717) is 6.42 Å². The predicted octanol–water partition coefficient (Wildman–Crippen LogP) is 0.730. The van der Waals surface area contributed by atoms with Crippen molar-refractivity contribution in [1.82, 2.24) is 4.98 Å². The minimum atomic E-state index is -0.370. The Bertz CT molecular complexity index is 517. The van der Waals surface area contributed by atoms with E-state index in [2.05, 4.69) is 4.98 Å². The van der Waals surface area contributed by atoms with Crippen LogP contribution in [0, 0.1) is 0 Å². The molecule has 0 spiro atoms. The second kappa shape index (κ2) is 4.37. The van der Waals surface area contributed by atoms with Gasteiger partial charge < -0.3 is 15.8 Å². The number of benzene rings is 1. The molecule has 1 heterocycles. The molecule has 1 amide bonds. The van der Waals surface area contributed by atoms with Crippen LogP contribution in [-0.4, -0.2) is 22.6 Å². The van der Waals surface area contributed by atoms with Gasteiger partial charge in [-0.3, -0.25) is 4.79 Å². The van der Waals surface area contributed by atoms with Gasteiger partial charge in [0.25, 0.3) is 0 Å². The van der Waals surface area contributed by atoms with Gasteiger partial charge in [-0.1, -0.05) is 18.2 Å². The summed E-state index contributed by atoms with van der Waals surface area (Å²) in [6.45, 7) is 0.0631. The van der Waals surface area contributed by atoms with Crippen LogP contribution in [0.1, 0.15) is 11.3 Å². The first kappa shape index (κ1) is 10.7. The van der Waals surface area contributed by atoms with Gasteiger partial charge in [0, 0.05) is 23.2 Å². The number of H-pyrrole nitrogens is 1. The maximum Gasteiger partial charge on any atom is 0.223 e. The molecule has 1 aromatic heterocycles. The molecule has 0 aliphatic carbocycles. The molecule has 84 valence electrons. The molecule has 0 saturated carbocycles. The lowest BCUT2D eigenvalue weighted by Gasteiger charge is -2.00. The number of hydrogen-bond acceptors (Lipinski definition) is 2. The highest BCUT2D eigenvalue weighted by Gasteiger charge is 2.11. The first-order valence-electron chi connectivity index (χ1n) is 5.20. The fourth-order valence-electron chi connectivity index (χ4n) is 1.98. The lowest BCUT2D eigenvalue weighted by atomic mass is 10.1. The average molecular weight is 218 g/mol. The normalized spacial score (nSPS) is 10.8. The smallest absolute Gasteiger partial charge is 0.223 e. The van der Waals surface area contributed by atoms with Crippen molar-refractivity contribution in [1.29, 1.82) is 0 Å². The van der Waals surface area contributed by atoms with Crippen LogP contribution >= 0.6 is 0 Å². The van der Waals surface area contributed by atoms with Crippen molar-refractivity contribution in [3.63, 3.8) is 0 Å². The quantitative estimate of drug-likeness (QED) is 0.707. The van der Waals surface area contributed by atoms with Crippen molar-refractivity contribution in [3.8, 4) is 0 Å². The van der Waals surface area contributed by atoms with Gasteiger partial charge in [-0.05, 0) is 18.1 Å². The van der Waals surface area contributed by atoms with Crippen LogP contribution in [0.3, 0.4) is 0 Å². The van der Waals surface area contributed by atoms with Crippen molar-refractivity contribution in [2.75, 3.05) is 6.61 Å². The second-order valence-electron chi connectivity index (χ2n) is 3.74. The van der Waals surface area contributed by atoms with Crippen LogP contribution < -0.4 is 5.73 Å². The zero-order valence-corrected chi connectivity index (χ0v) is 8.86. The molecular formula is C12H14N2O2. The van der Waals surface area contributed by atoms with Crippen LogP contribution in [0.5, 0.6) is 0 Å². The molecule has 2 rings (SSSR count). The maximum absolute atomic E-state index is 10.9. The zero-order chi connectivity index (χ0) is 11.5. The fraction of sp³-hybridized carbons (Fsp3) is 0.250. The van der Waals surface area contributed by atoms with E-state index >= 15 is 0 Å². The number of amides is 1. The molecule has 0 fully saturated rings. The molecule has 0 atom stereocenters. The van der Waals surface area contributed by atoms with Crippen molar-refractivity contribution in [2.45, 2.75) is 12.8 Å². The molecule has 0 saturated heterocycles. The average Bonchev–Trinajstić information content (AvgIpc) is 2.57. The Morgan fingerprint density at radius 1 is 1.38 bits per heavy atom. The standard InChI is InChI=1S/C12H14N2O2/c13-12(16)7-11-9(5-6-15)8-3-1-2-4-10(8)14-11/h1-4,14-15H,5-7H2,(H2,13,16). The van der Waals surface area contributed by atoms with Gasteiger partial charge in [-0.25, -0.2) is 0 Å². The molecule has 0 aliphatic heterocycles. The maximum atomic E-state index is 10.9. The Balaban J connectivity index is 2.53. The molecule has 0 bridgehead atoms. The Hall–Kier alpha value is -1.81. The van der Waals surface area contributed by atoms with Crippen LogP contribution in [0.4, 0.5) is 0 Å². The van der Waals surface area contributed by atoms with Gasteiger partial charge in [-0.2, -0.15) is 0 Å². The number of carbonyl (C=O) groups is 1. The number of aliphatic hydroxyl groups excluding tert-OH is 1. The minimum Gasteiger partial charge on any atom is -0.396 e. The number of carbonyl (C=O) groups excluding carboxylic acids is 1. The summed E-state index contributed by atoms with van der Waals surface area (Å²) in [7, 11) is 0. The summed E-state index contributed by atoms with van der Waals surface area (Å²) in [4.78, 5) is 14.1. The van der Waals surface area contributed by atoms with Crippen molar-refractivity contribution in [3.05, 3.63) is 35.5 Å². The number of aromatic nitrogens is 1. The SMILES string of the molecule is NC(=O)Cc1[nH]c2ccccc2c1CCO. The van der Waals surface area contributed by atoms with Crippen molar-refractivity contribution in [2.24, 2.45) is 5.73 Å². The van der Waals surface area contributed by atoms with E-state index in [1.165, 1.54) is 0 Å². The number of rotatable bonds is 4. The van der Waals surface area contributed by atoms with E-state index in [1.807, 2.05) is 24.3 Å². The van der Waals surface area contributed by atoms with Crippen molar-refractivity contribution < 1.29 is 9.90 Å².